The monoisotopic (exact) mass is 191 g/mol. The van der Waals surface area contributed by atoms with Crippen LogP contribution >= 0.6 is 0 Å². The quantitative estimate of drug-likeness (QED) is 0.527. The van der Waals surface area contributed by atoms with Gasteiger partial charge < -0.3 is 10.8 Å². The van der Waals surface area contributed by atoms with Crippen LogP contribution in [0.2, 0.25) is 0 Å². The molecule has 0 radical (unpaired) electrons. The maximum absolute atomic E-state index is 11.9. The van der Waals surface area contributed by atoms with E-state index in [2.05, 4.69) is 0 Å². The van der Waals surface area contributed by atoms with E-state index in [1.54, 1.807) is 0 Å². The Morgan fingerprint density at radius 2 is 1.92 bits per heavy atom. The average Bonchev–Trinajstić information content (AvgIpc) is 1.94. The first-order valence-electron chi connectivity index (χ1n) is 3.52. The lowest BCUT2D eigenvalue weighted by atomic mass is 10.1. The van der Waals surface area contributed by atoms with Crippen LogP contribution in [0.25, 0.3) is 0 Å². The van der Waals surface area contributed by atoms with E-state index in [0.29, 0.717) is 0 Å². The highest BCUT2D eigenvalue weighted by Gasteiger charge is 2.27. The first-order valence-corrected chi connectivity index (χ1v) is 3.52. The van der Waals surface area contributed by atoms with Gasteiger partial charge in [-0.3, -0.25) is 0 Å². The van der Waals surface area contributed by atoms with Gasteiger partial charge in [0.25, 0.3) is 0 Å². The molecule has 0 fully saturated rings. The number of hydrogen-bond donors (Lipinski definition) is 2. The molecule has 2 nitrogen and oxygen atoms in total. The number of alkyl halides is 3. The molecular weight excluding hydrogens is 183 g/mol. The van der Waals surface area contributed by atoms with Crippen molar-refractivity contribution in [3.05, 3.63) is 23.8 Å². The molecule has 1 rings (SSSR count). The van der Waals surface area contributed by atoms with E-state index in [1.807, 2.05) is 0 Å². The third-order valence-corrected chi connectivity index (χ3v) is 1.50. The van der Waals surface area contributed by atoms with E-state index < -0.39 is 12.6 Å². The highest BCUT2D eigenvalue weighted by molar-refractivity contribution is 5.53. The third-order valence-electron chi connectivity index (χ3n) is 1.50. The van der Waals surface area contributed by atoms with E-state index in [9.17, 15) is 13.2 Å². The summed E-state index contributed by atoms with van der Waals surface area (Å²) in [7, 11) is 0. The van der Waals surface area contributed by atoms with E-state index in [1.165, 1.54) is 6.07 Å². The fourth-order valence-corrected chi connectivity index (χ4v) is 0.945. The number of phenolic OH excluding ortho intramolecular Hbond substituents is 1. The van der Waals surface area contributed by atoms with Crippen molar-refractivity contribution in [3.8, 4) is 5.75 Å². The number of halogens is 3. The SMILES string of the molecule is Nc1cc(CC(F)(F)F)ccc1O. The molecule has 0 heterocycles. The Morgan fingerprint density at radius 1 is 1.31 bits per heavy atom. The molecule has 1 aromatic carbocycles. The van der Waals surface area contributed by atoms with Crippen molar-refractivity contribution in [1.29, 1.82) is 0 Å². The van der Waals surface area contributed by atoms with Crippen LogP contribution in [0.15, 0.2) is 18.2 Å². The number of anilines is 1. The zero-order valence-corrected chi connectivity index (χ0v) is 6.60. The molecule has 1 aromatic rings. The van der Waals surface area contributed by atoms with E-state index in [0.717, 1.165) is 12.1 Å². The normalized spacial score (nSPS) is 11.6. The van der Waals surface area contributed by atoms with Gasteiger partial charge in [0, 0.05) is 0 Å². The third kappa shape index (κ3) is 2.85. The van der Waals surface area contributed by atoms with Gasteiger partial charge in [-0.2, -0.15) is 13.2 Å². The summed E-state index contributed by atoms with van der Waals surface area (Å²) in [6.45, 7) is 0. The van der Waals surface area contributed by atoms with Crippen LogP contribution in [0, 0.1) is 0 Å². The van der Waals surface area contributed by atoms with Crippen molar-refractivity contribution >= 4 is 5.69 Å². The lowest BCUT2D eigenvalue weighted by Gasteiger charge is -2.07. The van der Waals surface area contributed by atoms with Gasteiger partial charge in [-0.25, -0.2) is 0 Å². The van der Waals surface area contributed by atoms with Crippen molar-refractivity contribution in [3.63, 3.8) is 0 Å². The molecule has 13 heavy (non-hydrogen) atoms. The molecule has 0 atom stereocenters. The summed E-state index contributed by atoms with van der Waals surface area (Å²) in [6.07, 6.45) is -5.28. The molecule has 0 aliphatic heterocycles. The summed E-state index contributed by atoms with van der Waals surface area (Å²) in [5, 5.41) is 8.94. The van der Waals surface area contributed by atoms with Gasteiger partial charge in [-0.1, -0.05) is 6.07 Å². The van der Waals surface area contributed by atoms with Gasteiger partial charge in [0.1, 0.15) is 5.75 Å². The number of rotatable bonds is 1. The highest BCUT2D eigenvalue weighted by atomic mass is 19.4. The Hall–Kier alpha value is -1.39. The minimum atomic E-state index is -4.25. The number of benzene rings is 1. The van der Waals surface area contributed by atoms with E-state index in [-0.39, 0.29) is 17.0 Å². The van der Waals surface area contributed by atoms with Crippen LogP contribution < -0.4 is 5.73 Å². The summed E-state index contributed by atoms with van der Waals surface area (Å²) in [4.78, 5) is 0. The minimum Gasteiger partial charge on any atom is -0.506 e. The largest absolute Gasteiger partial charge is 0.506 e. The van der Waals surface area contributed by atoms with Gasteiger partial charge in [0.2, 0.25) is 0 Å². The maximum atomic E-state index is 11.9. The smallest absolute Gasteiger partial charge is 0.393 e. The van der Waals surface area contributed by atoms with Crippen LogP contribution in [-0.4, -0.2) is 11.3 Å². The molecule has 5 heteroatoms. The predicted molar refractivity (Wildman–Crippen MR) is 42.3 cm³/mol. The van der Waals surface area contributed by atoms with Crippen LogP contribution in [0.3, 0.4) is 0 Å². The van der Waals surface area contributed by atoms with Crippen molar-refractivity contribution < 1.29 is 18.3 Å². The molecule has 0 saturated heterocycles. The minimum absolute atomic E-state index is 0.0400. The zero-order chi connectivity index (χ0) is 10.1. The highest BCUT2D eigenvalue weighted by Crippen LogP contribution is 2.26. The Labute approximate surface area is 72.8 Å². The van der Waals surface area contributed by atoms with Gasteiger partial charge in [0.15, 0.2) is 0 Å². The molecule has 72 valence electrons. The van der Waals surface area contributed by atoms with E-state index >= 15 is 0 Å². The van der Waals surface area contributed by atoms with Gasteiger partial charge in [-0.05, 0) is 17.7 Å². The Morgan fingerprint density at radius 3 is 2.38 bits per heavy atom. The lowest BCUT2D eigenvalue weighted by molar-refractivity contribution is -0.127. The molecule has 0 spiro atoms. The summed E-state index contributed by atoms with van der Waals surface area (Å²) in [5.74, 6) is -0.203. The fraction of sp³-hybridized carbons (Fsp3) is 0.250. The van der Waals surface area contributed by atoms with Crippen LogP contribution in [0.4, 0.5) is 18.9 Å². The molecule has 0 bridgehead atoms. The van der Waals surface area contributed by atoms with Gasteiger partial charge in [0.05, 0.1) is 12.1 Å². The first-order chi connectivity index (χ1) is 5.88. The van der Waals surface area contributed by atoms with Gasteiger partial charge >= 0.3 is 6.18 Å². The molecule has 0 unspecified atom stereocenters. The van der Waals surface area contributed by atoms with Crippen molar-refractivity contribution in [2.75, 3.05) is 5.73 Å². The van der Waals surface area contributed by atoms with Crippen molar-refractivity contribution in [2.45, 2.75) is 12.6 Å². The Bertz CT molecular complexity index is 309. The molecule has 0 aromatic heterocycles. The number of hydrogen-bond acceptors (Lipinski definition) is 2. The van der Waals surface area contributed by atoms with Crippen molar-refractivity contribution in [1.82, 2.24) is 0 Å². The lowest BCUT2D eigenvalue weighted by Crippen LogP contribution is -2.11. The van der Waals surface area contributed by atoms with Crippen LogP contribution in [0.5, 0.6) is 5.75 Å². The second-order valence-corrected chi connectivity index (χ2v) is 2.69. The Kier molecular flexibility index (Phi) is 2.36. The zero-order valence-electron chi connectivity index (χ0n) is 6.60. The topological polar surface area (TPSA) is 46.2 Å². The molecule has 0 amide bonds. The fourth-order valence-electron chi connectivity index (χ4n) is 0.945. The average molecular weight is 191 g/mol. The predicted octanol–water partition coefficient (Wildman–Crippen LogP) is 2.08. The first kappa shape index (κ1) is 9.70. The summed E-state index contributed by atoms with van der Waals surface area (Å²) < 4.78 is 35.6. The molecule has 0 saturated carbocycles. The molecular formula is C8H8F3NO. The molecule has 3 N–H and O–H groups in total. The van der Waals surface area contributed by atoms with Gasteiger partial charge in [-0.15, -0.1) is 0 Å². The van der Waals surface area contributed by atoms with Crippen LogP contribution in [0.1, 0.15) is 5.56 Å². The summed E-state index contributed by atoms with van der Waals surface area (Å²) in [6, 6.07) is 3.46. The number of aromatic hydroxyl groups is 1. The Balaban J connectivity index is 2.86. The summed E-state index contributed by atoms with van der Waals surface area (Å²) in [5.41, 5.74) is 5.23. The second-order valence-electron chi connectivity index (χ2n) is 2.69. The molecule has 0 aliphatic rings. The van der Waals surface area contributed by atoms with Crippen molar-refractivity contribution in [2.24, 2.45) is 0 Å². The molecule has 0 aliphatic carbocycles. The number of phenols is 1. The summed E-state index contributed by atoms with van der Waals surface area (Å²) >= 11 is 0. The standard InChI is InChI=1S/C8H8F3NO/c9-8(10,11)4-5-1-2-7(13)6(12)3-5/h1-3,13H,4,12H2. The number of nitrogen functional groups attached to an aromatic ring is 1. The number of nitrogens with two attached hydrogens (primary N) is 1. The van der Waals surface area contributed by atoms with Crippen LogP contribution in [-0.2, 0) is 6.42 Å². The second kappa shape index (κ2) is 3.16. The maximum Gasteiger partial charge on any atom is 0.393 e. The van der Waals surface area contributed by atoms with E-state index in [4.69, 9.17) is 10.8 Å².